The number of aromatic nitrogens is 14. The van der Waals surface area contributed by atoms with Gasteiger partial charge in [0.25, 0.3) is 0 Å². The Morgan fingerprint density at radius 1 is 0.273 bits per heavy atom. The quantitative estimate of drug-likeness (QED) is 0.127. The molecule has 0 unspecified atom stereocenters. The van der Waals surface area contributed by atoms with Gasteiger partial charge in [-0.05, 0) is 94.4 Å². The van der Waals surface area contributed by atoms with Crippen molar-refractivity contribution in [2.24, 2.45) is 0 Å². The van der Waals surface area contributed by atoms with Crippen molar-refractivity contribution in [2.45, 2.75) is 27.7 Å². The third-order valence-electron chi connectivity index (χ3n) is 13.2. The molecule has 0 saturated carbocycles. The molecule has 0 N–H and O–H groups in total. The van der Waals surface area contributed by atoms with E-state index in [0.29, 0.717) is 81.2 Å². The Morgan fingerprint density at radius 2 is 0.623 bits per heavy atom. The molecule has 7 aromatic carbocycles. The zero-order valence-electron chi connectivity index (χ0n) is 42.2. The molecule has 6 heterocycles. The molecule has 0 aliphatic carbocycles. The topological polar surface area (TPSA) is 172 Å². The van der Waals surface area contributed by atoms with Gasteiger partial charge in [0.1, 0.15) is 23.3 Å². The molecule has 6 aromatic heterocycles. The van der Waals surface area contributed by atoms with E-state index >= 15 is 0 Å². The number of aryl methyl sites for hydroxylation is 4. The molecular weight excluding hydrogens is 953 g/mol. The lowest BCUT2D eigenvalue weighted by Gasteiger charge is -2.18. The minimum absolute atomic E-state index is 0.456. The van der Waals surface area contributed by atoms with E-state index in [4.69, 9.17) is 54.8 Å². The molecule has 77 heavy (non-hydrogen) atoms. The number of pyridine rings is 1. The lowest BCUT2D eigenvalue weighted by Crippen LogP contribution is -2.04. The van der Waals surface area contributed by atoms with Crippen LogP contribution in [0.4, 0.5) is 0 Å². The maximum absolute atomic E-state index is 5.25. The highest BCUT2D eigenvalue weighted by Gasteiger charge is 2.24. The Bertz CT molecular complexity index is 4110. The fourth-order valence-corrected chi connectivity index (χ4v) is 9.78. The van der Waals surface area contributed by atoms with Gasteiger partial charge in [-0.1, -0.05) is 121 Å². The number of hydrogen-bond donors (Lipinski definition) is 0. The Hall–Kier alpha value is -10.5. The summed E-state index contributed by atoms with van der Waals surface area (Å²) in [6.45, 7) is 7.53. The van der Waals surface area contributed by atoms with Crippen LogP contribution in [0.2, 0.25) is 0 Å². The second-order valence-electron chi connectivity index (χ2n) is 18.5. The zero-order chi connectivity index (χ0) is 52.0. The number of hydrogen-bond acceptors (Lipinski definition) is 13. The molecule has 0 amide bonds. The first-order chi connectivity index (χ1) is 37.8. The van der Waals surface area contributed by atoms with Crippen molar-refractivity contribution in [3.8, 4) is 108 Å². The summed E-state index contributed by atoms with van der Waals surface area (Å²) in [5, 5.41) is 1.92. The van der Waals surface area contributed by atoms with E-state index < -0.39 is 0 Å². The molecule has 0 aliphatic heterocycles. The van der Waals surface area contributed by atoms with E-state index in [1.54, 1.807) is 6.20 Å². The first kappa shape index (κ1) is 46.3. The SMILES string of the molecule is Cc1nc(C)nc(-c2ccc3c(c2)c2cc(-c4nc(C)nc(C)n4)ccc2n3-c2ccc(-c3nc(-c4ccccc4)nc(-c4ccccc4)n3)cc2-c2ncccc2-c2nc(-c3ccccc3)nc(-c3ccccc3)n2)n1. The standard InChI is InChI=1S/C63H44N14/c1-37-65-38(2)68-60(67-37)45-27-30-52-49(34-45)50-35-46(61-69-39(3)66-40(4)70-61)28-31-53(50)77(52)54-32-29-47(62-73-56(41-18-9-5-10-19-41)71-57(74-62)42-20-11-6-12-21-42)36-51(54)55-48(26-17-33-64-55)63-75-58(43-22-13-7-14-23-43)72-59(76-63)44-24-15-8-16-25-44/h5-36H,1-4H3. The van der Waals surface area contributed by atoms with Gasteiger partial charge < -0.3 is 4.57 Å². The van der Waals surface area contributed by atoms with Crippen LogP contribution < -0.4 is 0 Å². The van der Waals surface area contributed by atoms with Crippen LogP contribution in [-0.4, -0.2) is 69.4 Å². The van der Waals surface area contributed by atoms with Crippen molar-refractivity contribution in [3.05, 3.63) is 218 Å². The number of nitrogens with zero attached hydrogens (tertiary/aromatic N) is 14. The van der Waals surface area contributed by atoms with Crippen molar-refractivity contribution >= 4 is 21.8 Å². The molecule has 13 aromatic rings. The molecule has 0 aliphatic rings. The van der Waals surface area contributed by atoms with Gasteiger partial charge >= 0.3 is 0 Å². The average Bonchev–Trinajstić information content (AvgIpc) is 3.98. The molecule has 366 valence electrons. The van der Waals surface area contributed by atoms with Crippen LogP contribution in [0, 0.1) is 27.7 Å². The highest BCUT2D eigenvalue weighted by atomic mass is 15.1. The third kappa shape index (κ3) is 8.99. The van der Waals surface area contributed by atoms with E-state index in [2.05, 4.69) is 69.1 Å². The Morgan fingerprint density at radius 3 is 1.04 bits per heavy atom. The molecule has 13 rings (SSSR count). The van der Waals surface area contributed by atoms with Gasteiger partial charge in [-0.2, -0.15) is 0 Å². The molecule has 0 spiro atoms. The third-order valence-corrected chi connectivity index (χ3v) is 13.2. The van der Waals surface area contributed by atoms with Crippen LogP contribution >= 0.6 is 0 Å². The van der Waals surface area contributed by atoms with Gasteiger partial charge in [0.15, 0.2) is 46.6 Å². The van der Waals surface area contributed by atoms with Crippen molar-refractivity contribution in [1.82, 2.24) is 69.4 Å². The van der Waals surface area contributed by atoms with E-state index in [9.17, 15) is 0 Å². The van der Waals surface area contributed by atoms with Crippen LogP contribution in [0.25, 0.3) is 130 Å². The van der Waals surface area contributed by atoms with Gasteiger partial charge in [-0.15, -0.1) is 0 Å². The fraction of sp³-hybridized carbons (Fsp3) is 0.0635. The van der Waals surface area contributed by atoms with Gasteiger partial charge in [-0.3, -0.25) is 4.98 Å². The van der Waals surface area contributed by atoms with Gasteiger partial charge in [0.2, 0.25) is 0 Å². The van der Waals surface area contributed by atoms with Crippen molar-refractivity contribution < 1.29 is 0 Å². The Kier molecular flexibility index (Phi) is 11.7. The molecule has 14 heteroatoms. The van der Waals surface area contributed by atoms with Crippen LogP contribution in [0.15, 0.2) is 194 Å². The fourth-order valence-electron chi connectivity index (χ4n) is 9.78. The average molecular weight is 997 g/mol. The van der Waals surface area contributed by atoms with Crippen molar-refractivity contribution in [1.29, 1.82) is 0 Å². The normalized spacial score (nSPS) is 11.4. The Balaban J connectivity index is 1.10. The summed E-state index contributed by atoms with van der Waals surface area (Å²) in [6, 6.07) is 62.8. The maximum atomic E-state index is 5.25. The lowest BCUT2D eigenvalue weighted by atomic mass is 9.99. The molecule has 0 bridgehead atoms. The maximum Gasteiger partial charge on any atom is 0.166 e. The van der Waals surface area contributed by atoms with Crippen LogP contribution in [0.5, 0.6) is 0 Å². The summed E-state index contributed by atoms with van der Waals surface area (Å²) in [7, 11) is 0. The smallest absolute Gasteiger partial charge is 0.166 e. The van der Waals surface area contributed by atoms with Crippen molar-refractivity contribution in [3.63, 3.8) is 0 Å². The summed E-state index contributed by atoms with van der Waals surface area (Å²) in [5.74, 6) is 6.85. The van der Waals surface area contributed by atoms with E-state index in [-0.39, 0.29) is 0 Å². The molecule has 0 fully saturated rings. The summed E-state index contributed by atoms with van der Waals surface area (Å²) in [4.78, 5) is 64.2. The van der Waals surface area contributed by atoms with E-state index in [1.807, 2.05) is 161 Å². The minimum Gasteiger partial charge on any atom is -0.309 e. The number of benzene rings is 7. The van der Waals surface area contributed by atoms with Gasteiger partial charge in [-0.25, -0.2) is 59.8 Å². The highest BCUT2D eigenvalue weighted by Crippen LogP contribution is 2.42. The molecule has 0 saturated heterocycles. The van der Waals surface area contributed by atoms with Crippen LogP contribution in [0.3, 0.4) is 0 Å². The summed E-state index contributed by atoms with van der Waals surface area (Å²) in [5.41, 5.74) is 10.7. The van der Waals surface area contributed by atoms with Gasteiger partial charge in [0, 0.05) is 67.0 Å². The molecule has 14 nitrogen and oxygen atoms in total. The molecule has 0 atom stereocenters. The lowest BCUT2D eigenvalue weighted by molar-refractivity contribution is 0.928. The summed E-state index contributed by atoms with van der Waals surface area (Å²) >= 11 is 0. The van der Waals surface area contributed by atoms with Crippen LogP contribution in [0.1, 0.15) is 23.3 Å². The van der Waals surface area contributed by atoms with E-state index in [1.165, 1.54) is 0 Å². The first-order valence-electron chi connectivity index (χ1n) is 25.1. The second-order valence-corrected chi connectivity index (χ2v) is 18.5. The monoisotopic (exact) mass is 996 g/mol. The predicted octanol–water partition coefficient (Wildman–Crippen LogP) is 13.2. The van der Waals surface area contributed by atoms with E-state index in [0.717, 1.165) is 72.0 Å². The number of rotatable bonds is 10. The minimum atomic E-state index is 0.456. The first-order valence-corrected chi connectivity index (χ1v) is 25.1. The van der Waals surface area contributed by atoms with Crippen molar-refractivity contribution in [2.75, 3.05) is 0 Å². The van der Waals surface area contributed by atoms with Gasteiger partial charge in [0.05, 0.1) is 22.4 Å². The van der Waals surface area contributed by atoms with Crippen LogP contribution in [-0.2, 0) is 0 Å². The highest BCUT2D eigenvalue weighted by molar-refractivity contribution is 6.12. The number of fused-ring (bicyclic) bond motifs is 3. The predicted molar refractivity (Wildman–Crippen MR) is 300 cm³/mol. The molecular formula is C63H44N14. The second kappa shape index (κ2) is 19.4. The Labute approximate surface area is 442 Å². The summed E-state index contributed by atoms with van der Waals surface area (Å²) < 4.78 is 2.28. The molecule has 0 radical (unpaired) electrons. The zero-order valence-corrected chi connectivity index (χ0v) is 42.2. The summed E-state index contributed by atoms with van der Waals surface area (Å²) in [6.07, 6.45) is 1.80. The largest absolute Gasteiger partial charge is 0.309 e.